The summed E-state index contributed by atoms with van der Waals surface area (Å²) in [5.41, 5.74) is 5.12. The van der Waals surface area contributed by atoms with E-state index in [0.29, 0.717) is 13.1 Å². The molecule has 4 nitrogen and oxygen atoms in total. The van der Waals surface area contributed by atoms with Crippen molar-refractivity contribution < 1.29 is 9.53 Å². The first-order valence-electron chi connectivity index (χ1n) is 4.12. The van der Waals surface area contributed by atoms with E-state index in [1.807, 2.05) is 20.8 Å². The van der Waals surface area contributed by atoms with Crippen LogP contribution in [0.1, 0.15) is 20.8 Å². The topological polar surface area (TPSA) is 55.6 Å². The van der Waals surface area contributed by atoms with Gasteiger partial charge in [0.15, 0.2) is 0 Å². The molecule has 1 amide bonds. The Bertz CT molecular complexity index is 185. The number of ether oxygens (including phenoxy) is 1. The van der Waals surface area contributed by atoms with Crippen LogP contribution in [0, 0.1) is 0 Å². The number of amides is 1. The lowest BCUT2D eigenvalue weighted by molar-refractivity contribution is 0.00884. The van der Waals surface area contributed by atoms with Gasteiger partial charge in [0, 0.05) is 19.1 Å². The summed E-state index contributed by atoms with van der Waals surface area (Å²) in [6.45, 7) is 6.80. The van der Waals surface area contributed by atoms with Crippen molar-refractivity contribution in [1.29, 1.82) is 0 Å². The van der Waals surface area contributed by atoms with E-state index in [1.165, 1.54) is 0 Å². The smallest absolute Gasteiger partial charge is 0.410 e. The molecule has 0 aliphatic carbocycles. The molecular formula is C8H17ClN2O2. The molecule has 2 N–H and O–H groups in total. The minimum atomic E-state index is -0.406. The summed E-state index contributed by atoms with van der Waals surface area (Å²) in [4.78, 5) is 12.8. The third kappa shape index (κ3) is 3.83. The minimum Gasteiger partial charge on any atom is -0.444 e. The SMILES string of the molecule is CC(C)(C)OC(=O)N1CC(N)C1.Cl. The van der Waals surface area contributed by atoms with Crippen LogP contribution in [0.15, 0.2) is 0 Å². The van der Waals surface area contributed by atoms with Gasteiger partial charge in [-0.15, -0.1) is 12.4 Å². The first-order chi connectivity index (χ1) is 5.38. The van der Waals surface area contributed by atoms with Crippen molar-refractivity contribution in [1.82, 2.24) is 4.90 Å². The van der Waals surface area contributed by atoms with Gasteiger partial charge in [0.1, 0.15) is 5.60 Å². The monoisotopic (exact) mass is 208 g/mol. The first-order valence-corrected chi connectivity index (χ1v) is 4.12. The molecule has 0 atom stereocenters. The second-order valence-electron chi connectivity index (χ2n) is 4.15. The number of hydrogen-bond donors (Lipinski definition) is 1. The summed E-state index contributed by atoms with van der Waals surface area (Å²) in [6.07, 6.45) is -0.260. The van der Waals surface area contributed by atoms with Gasteiger partial charge in [-0.05, 0) is 20.8 Å². The van der Waals surface area contributed by atoms with Gasteiger partial charge in [-0.25, -0.2) is 4.79 Å². The molecule has 1 fully saturated rings. The highest BCUT2D eigenvalue weighted by molar-refractivity contribution is 5.85. The molecule has 0 spiro atoms. The van der Waals surface area contributed by atoms with Gasteiger partial charge in [-0.3, -0.25) is 0 Å². The molecule has 1 saturated heterocycles. The number of nitrogens with two attached hydrogens (primary N) is 1. The van der Waals surface area contributed by atoms with E-state index in [2.05, 4.69) is 0 Å². The van der Waals surface area contributed by atoms with E-state index in [1.54, 1.807) is 4.90 Å². The first kappa shape index (κ1) is 12.5. The van der Waals surface area contributed by atoms with Gasteiger partial charge < -0.3 is 15.4 Å². The fourth-order valence-electron chi connectivity index (χ4n) is 0.988. The molecular weight excluding hydrogens is 192 g/mol. The number of nitrogens with zero attached hydrogens (tertiary/aromatic N) is 1. The molecule has 1 aliphatic rings. The predicted octanol–water partition coefficient (Wildman–Crippen LogP) is 0.986. The molecule has 5 heteroatoms. The van der Waals surface area contributed by atoms with Crippen molar-refractivity contribution in [2.45, 2.75) is 32.4 Å². The quantitative estimate of drug-likeness (QED) is 0.646. The summed E-state index contributed by atoms with van der Waals surface area (Å²) in [7, 11) is 0. The van der Waals surface area contributed by atoms with Crippen LogP contribution in [-0.4, -0.2) is 35.7 Å². The molecule has 0 saturated carbocycles. The van der Waals surface area contributed by atoms with E-state index in [9.17, 15) is 4.79 Å². The number of halogens is 1. The molecule has 1 aliphatic heterocycles. The van der Waals surface area contributed by atoms with E-state index >= 15 is 0 Å². The van der Waals surface area contributed by atoms with Crippen LogP contribution >= 0.6 is 12.4 Å². The highest BCUT2D eigenvalue weighted by Gasteiger charge is 2.31. The molecule has 0 bridgehead atoms. The minimum absolute atomic E-state index is 0. The maximum atomic E-state index is 11.2. The molecule has 0 radical (unpaired) electrons. The molecule has 0 aromatic carbocycles. The Hall–Kier alpha value is -0.480. The third-order valence-electron chi connectivity index (χ3n) is 1.56. The molecule has 0 unspecified atom stereocenters. The second kappa shape index (κ2) is 4.15. The second-order valence-corrected chi connectivity index (χ2v) is 4.15. The van der Waals surface area contributed by atoms with Crippen LogP contribution in [0.5, 0.6) is 0 Å². The Morgan fingerprint density at radius 1 is 1.46 bits per heavy atom. The van der Waals surface area contributed by atoms with Crippen LogP contribution in [0.25, 0.3) is 0 Å². The number of carbonyl (C=O) groups is 1. The van der Waals surface area contributed by atoms with Gasteiger partial charge in [-0.1, -0.05) is 0 Å². The average molecular weight is 209 g/mol. The fraction of sp³-hybridized carbons (Fsp3) is 0.875. The summed E-state index contributed by atoms with van der Waals surface area (Å²) in [5.74, 6) is 0. The Labute approximate surface area is 84.8 Å². The molecule has 0 aromatic heterocycles. The van der Waals surface area contributed by atoms with Crippen LogP contribution in [0.4, 0.5) is 4.79 Å². The number of likely N-dealkylation sites (tertiary alicyclic amines) is 1. The van der Waals surface area contributed by atoms with E-state index in [0.717, 1.165) is 0 Å². The Kier molecular flexibility index (Phi) is 4.00. The number of hydrogen-bond acceptors (Lipinski definition) is 3. The van der Waals surface area contributed by atoms with Crippen molar-refractivity contribution in [2.24, 2.45) is 5.73 Å². The summed E-state index contributed by atoms with van der Waals surface area (Å²) < 4.78 is 5.12. The van der Waals surface area contributed by atoms with Crippen LogP contribution < -0.4 is 5.73 Å². The van der Waals surface area contributed by atoms with Crippen molar-refractivity contribution in [2.75, 3.05) is 13.1 Å². The molecule has 1 rings (SSSR count). The molecule has 0 aromatic rings. The molecule has 78 valence electrons. The molecule has 13 heavy (non-hydrogen) atoms. The van der Waals surface area contributed by atoms with Gasteiger partial charge in [0.2, 0.25) is 0 Å². The summed E-state index contributed by atoms with van der Waals surface area (Å²) >= 11 is 0. The third-order valence-corrected chi connectivity index (χ3v) is 1.56. The lowest BCUT2D eigenvalue weighted by Gasteiger charge is -2.37. The zero-order chi connectivity index (χ0) is 9.35. The normalized spacial score (nSPS) is 17.4. The van der Waals surface area contributed by atoms with Gasteiger partial charge in [-0.2, -0.15) is 0 Å². The molecule has 1 heterocycles. The fourth-order valence-corrected chi connectivity index (χ4v) is 0.988. The zero-order valence-corrected chi connectivity index (χ0v) is 9.06. The number of carbonyl (C=O) groups excluding carboxylic acids is 1. The van der Waals surface area contributed by atoms with Crippen molar-refractivity contribution in [3.05, 3.63) is 0 Å². The van der Waals surface area contributed by atoms with Crippen molar-refractivity contribution >= 4 is 18.5 Å². The van der Waals surface area contributed by atoms with E-state index < -0.39 is 5.60 Å². The lowest BCUT2D eigenvalue weighted by Crippen LogP contribution is -2.58. The van der Waals surface area contributed by atoms with Crippen LogP contribution in [0.2, 0.25) is 0 Å². The van der Waals surface area contributed by atoms with Crippen LogP contribution in [-0.2, 0) is 4.74 Å². The summed E-state index contributed by atoms with van der Waals surface area (Å²) in [6, 6.07) is 0.137. The maximum absolute atomic E-state index is 11.2. The van der Waals surface area contributed by atoms with Gasteiger partial charge >= 0.3 is 6.09 Å². The lowest BCUT2D eigenvalue weighted by atomic mass is 10.1. The van der Waals surface area contributed by atoms with Gasteiger partial charge in [0.25, 0.3) is 0 Å². The predicted molar refractivity (Wildman–Crippen MR) is 53.0 cm³/mol. The summed E-state index contributed by atoms with van der Waals surface area (Å²) in [5, 5.41) is 0. The Morgan fingerprint density at radius 2 is 1.92 bits per heavy atom. The van der Waals surface area contributed by atoms with E-state index in [4.69, 9.17) is 10.5 Å². The Balaban J connectivity index is 0.00000144. The standard InChI is InChI=1S/C8H16N2O2.ClH/c1-8(2,3)12-7(11)10-4-6(9)5-10;/h6H,4-5,9H2,1-3H3;1H. The van der Waals surface area contributed by atoms with Gasteiger partial charge in [0.05, 0.1) is 0 Å². The van der Waals surface area contributed by atoms with E-state index in [-0.39, 0.29) is 24.5 Å². The Morgan fingerprint density at radius 3 is 2.23 bits per heavy atom. The average Bonchev–Trinajstić information content (AvgIpc) is 1.76. The van der Waals surface area contributed by atoms with Crippen molar-refractivity contribution in [3.8, 4) is 0 Å². The highest BCUT2D eigenvalue weighted by atomic mass is 35.5. The number of rotatable bonds is 0. The van der Waals surface area contributed by atoms with Crippen molar-refractivity contribution in [3.63, 3.8) is 0 Å². The van der Waals surface area contributed by atoms with Crippen LogP contribution in [0.3, 0.4) is 0 Å². The highest BCUT2D eigenvalue weighted by Crippen LogP contribution is 2.13. The largest absolute Gasteiger partial charge is 0.444 e. The maximum Gasteiger partial charge on any atom is 0.410 e. The zero-order valence-electron chi connectivity index (χ0n) is 8.24.